The first-order valence-corrected chi connectivity index (χ1v) is 8.95. The van der Waals surface area contributed by atoms with Gasteiger partial charge in [0.25, 0.3) is 0 Å². The van der Waals surface area contributed by atoms with Crippen molar-refractivity contribution in [2.45, 2.75) is 45.6 Å². The molecule has 2 amide bonds. The van der Waals surface area contributed by atoms with Crippen LogP contribution in [-0.4, -0.2) is 53.5 Å². The summed E-state index contributed by atoms with van der Waals surface area (Å²) in [6.45, 7) is 4.79. The molecule has 1 aliphatic carbocycles. The summed E-state index contributed by atoms with van der Waals surface area (Å²) >= 11 is 0. The number of aliphatic carboxylic acids is 1. The molecule has 3 N–H and O–H groups in total. The van der Waals surface area contributed by atoms with Crippen molar-refractivity contribution < 1.29 is 19.5 Å². The third-order valence-electron chi connectivity index (χ3n) is 4.44. The van der Waals surface area contributed by atoms with Crippen LogP contribution >= 0.6 is 0 Å². The van der Waals surface area contributed by atoms with Crippen LogP contribution in [0.25, 0.3) is 0 Å². The van der Waals surface area contributed by atoms with Crippen molar-refractivity contribution in [1.29, 1.82) is 0 Å². The summed E-state index contributed by atoms with van der Waals surface area (Å²) in [5.41, 5.74) is 2.89. The lowest BCUT2D eigenvalue weighted by Crippen LogP contribution is -2.38. The van der Waals surface area contributed by atoms with Crippen molar-refractivity contribution in [3.8, 4) is 0 Å². The number of rotatable bonds is 10. The van der Waals surface area contributed by atoms with E-state index in [4.69, 9.17) is 5.11 Å². The van der Waals surface area contributed by atoms with E-state index in [0.717, 1.165) is 29.7 Å². The second kappa shape index (κ2) is 9.33. The summed E-state index contributed by atoms with van der Waals surface area (Å²) < 4.78 is 0. The molecule has 0 heterocycles. The number of carbonyl (C=O) groups is 3. The minimum absolute atomic E-state index is 0.0828. The average Bonchev–Trinajstić information content (AvgIpc) is 3.39. The smallest absolute Gasteiger partial charge is 0.305 e. The monoisotopic (exact) mass is 361 g/mol. The third kappa shape index (κ3) is 6.48. The average molecular weight is 361 g/mol. The van der Waals surface area contributed by atoms with Gasteiger partial charge in [-0.1, -0.05) is 18.2 Å². The lowest BCUT2D eigenvalue weighted by Gasteiger charge is -2.21. The van der Waals surface area contributed by atoms with Crippen molar-refractivity contribution in [2.24, 2.45) is 0 Å². The Kier molecular flexibility index (Phi) is 7.15. The molecule has 1 aromatic carbocycles. The fourth-order valence-corrected chi connectivity index (χ4v) is 2.85. The van der Waals surface area contributed by atoms with Gasteiger partial charge in [-0.05, 0) is 37.8 Å². The van der Waals surface area contributed by atoms with Gasteiger partial charge in [-0.3, -0.25) is 19.3 Å². The lowest BCUT2D eigenvalue weighted by atomic mass is 10.1. The number of carboxylic acids is 1. The highest BCUT2D eigenvalue weighted by Crippen LogP contribution is 2.27. The first-order valence-electron chi connectivity index (χ1n) is 8.95. The van der Waals surface area contributed by atoms with Gasteiger partial charge in [-0.15, -0.1) is 0 Å². The number of aryl methyl sites for hydroxylation is 2. The molecule has 7 nitrogen and oxygen atoms in total. The lowest BCUT2D eigenvalue weighted by molar-refractivity contribution is -0.137. The molecule has 2 rings (SSSR count). The maximum absolute atomic E-state index is 12.4. The molecule has 7 heteroatoms. The molecule has 0 unspecified atom stereocenters. The van der Waals surface area contributed by atoms with E-state index in [0.29, 0.717) is 12.6 Å². The van der Waals surface area contributed by atoms with E-state index in [2.05, 4.69) is 10.6 Å². The number of nitrogens with zero attached hydrogens (tertiary/aromatic N) is 1. The van der Waals surface area contributed by atoms with E-state index in [-0.39, 0.29) is 37.7 Å². The highest BCUT2D eigenvalue weighted by Gasteiger charge is 2.30. The molecule has 1 fully saturated rings. The van der Waals surface area contributed by atoms with Crippen molar-refractivity contribution >= 4 is 23.5 Å². The Bertz CT molecular complexity index is 650. The SMILES string of the molecule is Cc1cccc(C)c1NC(=O)CN(CCC(=O)NCCC(=O)O)C1CC1. The number of carbonyl (C=O) groups excluding carboxylic acids is 2. The Morgan fingerprint density at radius 1 is 1.12 bits per heavy atom. The molecule has 1 aliphatic rings. The van der Waals surface area contributed by atoms with Gasteiger partial charge in [0, 0.05) is 31.2 Å². The molecule has 0 atom stereocenters. The van der Waals surface area contributed by atoms with Gasteiger partial charge in [0.1, 0.15) is 0 Å². The number of carboxylic acid groups (broad SMARTS) is 1. The molecule has 1 saturated carbocycles. The molecule has 142 valence electrons. The molecule has 0 aromatic heterocycles. The highest BCUT2D eigenvalue weighted by molar-refractivity contribution is 5.93. The minimum atomic E-state index is -0.937. The number of amides is 2. The summed E-state index contributed by atoms with van der Waals surface area (Å²) in [6.07, 6.45) is 2.25. The zero-order valence-electron chi connectivity index (χ0n) is 15.4. The number of para-hydroxylation sites is 1. The molecule has 1 aromatic rings. The van der Waals surface area contributed by atoms with E-state index >= 15 is 0 Å². The van der Waals surface area contributed by atoms with Crippen molar-refractivity contribution in [1.82, 2.24) is 10.2 Å². The first-order chi connectivity index (χ1) is 12.4. The zero-order chi connectivity index (χ0) is 19.1. The van der Waals surface area contributed by atoms with Crippen LogP contribution in [0, 0.1) is 13.8 Å². The molecule has 0 spiro atoms. The molecule has 0 saturated heterocycles. The number of hydrogen-bond donors (Lipinski definition) is 3. The van der Waals surface area contributed by atoms with Gasteiger partial charge in [0.05, 0.1) is 13.0 Å². The molecule has 0 aliphatic heterocycles. The predicted molar refractivity (Wildman–Crippen MR) is 99.0 cm³/mol. The van der Waals surface area contributed by atoms with Crippen molar-refractivity contribution in [2.75, 3.05) is 25.0 Å². The van der Waals surface area contributed by atoms with Crippen LogP contribution in [0.5, 0.6) is 0 Å². The van der Waals surface area contributed by atoms with Gasteiger partial charge in [-0.2, -0.15) is 0 Å². The second-order valence-corrected chi connectivity index (χ2v) is 6.76. The molecular weight excluding hydrogens is 334 g/mol. The highest BCUT2D eigenvalue weighted by atomic mass is 16.4. The van der Waals surface area contributed by atoms with E-state index in [1.54, 1.807) is 0 Å². The predicted octanol–water partition coefficient (Wildman–Crippen LogP) is 1.69. The van der Waals surface area contributed by atoms with Gasteiger partial charge >= 0.3 is 5.97 Å². The maximum atomic E-state index is 12.4. The molecule has 26 heavy (non-hydrogen) atoms. The van der Waals surface area contributed by atoms with Gasteiger partial charge < -0.3 is 15.7 Å². The van der Waals surface area contributed by atoms with Crippen molar-refractivity contribution in [3.63, 3.8) is 0 Å². The number of anilines is 1. The van der Waals surface area contributed by atoms with Crippen LogP contribution in [0.15, 0.2) is 18.2 Å². The maximum Gasteiger partial charge on any atom is 0.305 e. The van der Waals surface area contributed by atoms with E-state index < -0.39 is 5.97 Å². The largest absolute Gasteiger partial charge is 0.481 e. The third-order valence-corrected chi connectivity index (χ3v) is 4.44. The van der Waals surface area contributed by atoms with Crippen LogP contribution in [0.3, 0.4) is 0 Å². The molecular formula is C19H27N3O4. The Balaban J connectivity index is 1.81. The summed E-state index contributed by atoms with van der Waals surface area (Å²) in [5, 5.41) is 14.2. The van der Waals surface area contributed by atoms with E-state index in [1.165, 1.54) is 0 Å². The Hall–Kier alpha value is -2.41. The zero-order valence-corrected chi connectivity index (χ0v) is 15.4. The second-order valence-electron chi connectivity index (χ2n) is 6.76. The molecule has 0 bridgehead atoms. The summed E-state index contributed by atoms with van der Waals surface area (Å²) in [7, 11) is 0. The number of nitrogens with one attached hydrogen (secondary N) is 2. The topological polar surface area (TPSA) is 98.7 Å². The quantitative estimate of drug-likeness (QED) is 0.589. The first kappa shape index (κ1) is 19.9. The Morgan fingerprint density at radius 2 is 1.77 bits per heavy atom. The van der Waals surface area contributed by atoms with Crippen LogP contribution in [-0.2, 0) is 14.4 Å². The Labute approximate surface area is 153 Å². The summed E-state index contributed by atoms with van der Waals surface area (Å²) in [4.78, 5) is 36.7. The summed E-state index contributed by atoms with van der Waals surface area (Å²) in [5.74, 6) is -1.21. The van der Waals surface area contributed by atoms with E-state index in [9.17, 15) is 14.4 Å². The van der Waals surface area contributed by atoms with Crippen LogP contribution in [0.2, 0.25) is 0 Å². The van der Waals surface area contributed by atoms with Gasteiger partial charge in [0.2, 0.25) is 11.8 Å². The fraction of sp³-hybridized carbons (Fsp3) is 0.526. The number of benzene rings is 1. The van der Waals surface area contributed by atoms with Crippen molar-refractivity contribution in [3.05, 3.63) is 29.3 Å². The summed E-state index contributed by atoms with van der Waals surface area (Å²) in [6, 6.07) is 6.23. The van der Waals surface area contributed by atoms with Crippen LogP contribution < -0.4 is 10.6 Å². The number of hydrogen-bond acceptors (Lipinski definition) is 4. The minimum Gasteiger partial charge on any atom is -0.481 e. The van der Waals surface area contributed by atoms with Gasteiger partial charge in [0.15, 0.2) is 0 Å². The normalized spacial score (nSPS) is 13.5. The fourth-order valence-electron chi connectivity index (χ4n) is 2.85. The van der Waals surface area contributed by atoms with Gasteiger partial charge in [-0.25, -0.2) is 0 Å². The Morgan fingerprint density at radius 3 is 2.35 bits per heavy atom. The van der Waals surface area contributed by atoms with Crippen LogP contribution in [0.1, 0.15) is 36.8 Å². The molecule has 0 radical (unpaired) electrons. The standard InChI is InChI=1S/C19H27N3O4/c1-13-4-3-5-14(2)19(13)21-17(24)12-22(15-6-7-15)11-9-16(23)20-10-8-18(25)26/h3-5,15H,6-12H2,1-2H3,(H,20,23)(H,21,24)(H,25,26). The van der Waals surface area contributed by atoms with E-state index in [1.807, 2.05) is 36.9 Å². The van der Waals surface area contributed by atoms with Crippen LogP contribution in [0.4, 0.5) is 5.69 Å².